The number of imidazole rings is 1. The minimum absolute atomic E-state index is 0.188. The summed E-state index contributed by atoms with van der Waals surface area (Å²) in [5.74, 6) is 0.648. The van der Waals surface area contributed by atoms with E-state index in [0.29, 0.717) is 36.2 Å². The first-order valence-electron chi connectivity index (χ1n) is 8.43. The number of fused-ring (bicyclic) bond motifs is 1. The molecule has 3 rings (SSSR count). The lowest BCUT2D eigenvalue weighted by atomic mass is 10.0. The molecule has 1 aliphatic heterocycles. The topological polar surface area (TPSA) is 107 Å². The van der Waals surface area contributed by atoms with Crippen molar-refractivity contribution in [2.75, 3.05) is 39.8 Å². The van der Waals surface area contributed by atoms with E-state index in [1.807, 2.05) is 11.5 Å². The fraction of sp³-hybridized carbons (Fsp3) is 0.688. The standard InChI is InChI=1S/C16H25N5O4/c1-10(8-22-2)25-15-19-13(17)12-14(20-15)21(16(18-12)23-3)7-11-5-4-6-24-9-11/h10-11H,4-9H2,1-3H3,(H2,17,19,20). The number of methoxy groups -OCH3 is 2. The Morgan fingerprint density at radius 1 is 1.32 bits per heavy atom. The van der Waals surface area contributed by atoms with Crippen LogP contribution in [0, 0.1) is 5.92 Å². The molecule has 0 saturated carbocycles. The van der Waals surface area contributed by atoms with Gasteiger partial charge in [0.25, 0.3) is 6.01 Å². The first kappa shape index (κ1) is 17.7. The lowest BCUT2D eigenvalue weighted by molar-refractivity contribution is 0.0478. The molecule has 2 atom stereocenters. The molecular weight excluding hydrogens is 326 g/mol. The van der Waals surface area contributed by atoms with Gasteiger partial charge in [-0.3, -0.25) is 4.57 Å². The number of ether oxygens (including phenoxy) is 4. The number of nitrogen functional groups attached to an aromatic ring is 1. The lowest BCUT2D eigenvalue weighted by Gasteiger charge is -2.23. The average molecular weight is 351 g/mol. The maximum Gasteiger partial charge on any atom is 0.320 e. The van der Waals surface area contributed by atoms with Gasteiger partial charge < -0.3 is 24.7 Å². The van der Waals surface area contributed by atoms with Crippen LogP contribution in [0.25, 0.3) is 11.2 Å². The molecule has 2 aromatic rings. The summed E-state index contributed by atoms with van der Waals surface area (Å²) in [5, 5.41) is 0. The minimum atomic E-state index is -0.188. The van der Waals surface area contributed by atoms with Crippen molar-refractivity contribution in [3.05, 3.63) is 0 Å². The molecule has 2 aromatic heterocycles. The zero-order chi connectivity index (χ0) is 17.8. The maximum atomic E-state index is 6.06. The fourth-order valence-corrected chi connectivity index (χ4v) is 3.01. The second kappa shape index (κ2) is 7.83. The quantitative estimate of drug-likeness (QED) is 0.794. The molecule has 25 heavy (non-hydrogen) atoms. The Bertz CT molecular complexity index is 714. The van der Waals surface area contributed by atoms with Gasteiger partial charge in [0, 0.05) is 26.2 Å². The van der Waals surface area contributed by atoms with E-state index in [9.17, 15) is 0 Å². The summed E-state index contributed by atoms with van der Waals surface area (Å²) in [6, 6.07) is 0.668. The van der Waals surface area contributed by atoms with Gasteiger partial charge in [-0.25, -0.2) is 0 Å². The fourth-order valence-electron chi connectivity index (χ4n) is 3.01. The highest BCUT2D eigenvalue weighted by Gasteiger charge is 2.22. The Kier molecular flexibility index (Phi) is 5.54. The van der Waals surface area contributed by atoms with Crippen LogP contribution in [0.2, 0.25) is 0 Å². The number of hydrogen-bond donors (Lipinski definition) is 1. The predicted molar refractivity (Wildman–Crippen MR) is 91.8 cm³/mol. The number of aromatic nitrogens is 4. The third-order valence-corrected chi connectivity index (χ3v) is 4.15. The molecule has 138 valence electrons. The Morgan fingerprint density at radius 2 is 2.16 bits per heavy atom. The summed E-state index contributed by atoms with van der Waals surface area (Å²) >= 11 is 0. The summed E-state index contributed by atoms with van der Waals surface area (Å²) < 4.78 is 23.7. The summed E-state index contributed by atoms with van der Waals surface area (Å²) in [6.07, 6.45) is 1.96. The van der Waals surface area contributed by atoms with Crippen molar-refractivity contribution in [3.63, 3.8) is 0 Å². The Balaban J connectivity index is 1.94. The largest absolute Gasteiger partial charge is 0.468 e. The van der Waals surface area contributed by atoms with Crippen molar-refractivity contribution in [2.24, 2.45) is 5.92 Å². The number of anilines is 1. The van der Waals surface area contributed by atoms with Gasteiger partial charge in [-0.15, -0.1) is 0 Å². The van der Waals surface area contributed by atoms with E-state index in [1.165, 1.54) is 0 Å². The molecule has 0 aromatic carbocycles. The highest BCUT2D eigenvalue weighted by atomic mass is 16.5. The van der Waals surface area contributed by atoms with Crippen molar-refractivity contribution in [1.29, 1.82) is 0 Å². The molecule has 2 unspecified atom stereocenters. The zero-order valence-electron chi connectivity index (χ0n) is 14.9. The van der Waals surface area contributed by atoms with Crippen molar-refractivity contribution < 1.29 is 18.9 Å². The molecule has 1 fully saturated rings. The summed E-state index contributed by atoms with van der Waals surface area (Å²) in [5.41, 5.74) is 7.18. The number of hydrogen-bond acceptors (Lipinski definition) is 8. The first-order chi connectivity index (χ1) is 12.1. The lowest BCUT2D eigenvalue weighted by Crippen LogP contribution is -2.23. The average Bonchev–Trinajstić information content (AvgIpc) is 2.94. The Hall–Kier alpha value is -2.13. The van der Waals surface area contributed by atoms with Crippen LogP contribution in [0.5, 0.6) is 12.0 Å². The van der Waals surface area contributed by atoms with Gasteiger partial charge in [0.2, 0.25) is 0 Å². The summed E-state index contributed by atoms with van der Waals surface area (Å²) in [7, 11) is 3.20. The summed E-state index contributed by atoms with van der Waals surface area (Å²) in [6.45, 7) is 4.55. The molecule has 0 amide bonds. The van der Waals surface area contributed by atoms with E-state index in [0.717, 1.165) is 26.1 Å². The van der Waals surface area contributed by atoms with Crippen molar-refractivity contribution in [1.82, 2.24) is 19.5 Å². The van der Waals surface area contributed by atoms with Gasteiger partial charge in [-0.1, -0.05) is 0 Å². The minimum Gasteiger partial charge on any atom is -0.468 e. The van der Waals surface area contributed by atoms with Crippen LogP contribution in [0.4, 0.5) is 5.82 Å². The van der Waals surface area contributed by atoms with E-state index in [2.05, 4.69) is 15.0 Å². The second-order valence-corrected chi connectivity index (χ2v) is 6.24. The van der Waals surface area contributed by atoms with E-state index < -0.39 is 0 Å². The summed E-state index contributed by atoms with van der Waals surface area (Å²) in [4.78, 5) is 13.1. The normalized spacial score (nSPS) is 19.1. The van der Waals surface area contributed by atoms with Crippen LogP contribution in [0.3, 0.4) is 0 Å². The first-order valence-corrected chi connectivity index (χ1v) is 8.43. The van der Waals surface area contributed by atoms with E-state index in [4.69, 9.17) is 24.7 Å². The maximum absolute atomic E-state index is 6.06. The molecular formula is C16H25N5O4. The molecule has 0 spiro atoms. The number of rotatable bonds is 7. The predicted octanol–water partition coefficient (Wildman–Crippen LogP) is 1.26. The second-order valence-electron chi connectivity index (χ2n) is 6.24. The SMILES string of the molecule is COCC(C)Oc1nc(N)c2nc(OC)n(CC3CCCOC3)c2n1. The highest BCUT2D eigenvalue weighted by Crippen LogP contribution is 2.28. The smallest absolute Gasteiger partial charge is 0.320 e. The van der Waals surface area contributed by atoms with Crippen molar-refractivity contribution in [2.45, 2.75) is 32.4 Å². The number of nitrogens with zero attached hydrogens (tertiary/aromatic N) is 4. The molecule has 1 aliphatic rings. The van der Waals surface area contributed by atoms with Gasteiger partial charge in [-0.05, 0) is 19.8 Å². The molecule has 2 N–H and O–H groups in total. The molecule has 1 saturated heterocycles. The molecule has 9 nitrogen and oxygen atoms in total. The van der Waals surface area contributed by atoms with Gasteiger partial charge in [0.1, 0.15) is 6.10 Å². The molecule has 9 heteroatoms. The van der Waals surface area contributed by atoms with E-state index in [1.54, 1.807) is 14.2 Å². The van der Waals surface area contributed by atoms with Crippen LogP contribution < -0.4 is 15.2 Å². The van der Waals surface area contributed by atoms with Gasteiger partial charge in [0.15, 0.2) is 17.0 Å². The van der Waals surface area contributed by atoms with Crippen LogP contribution in [0.1, 0.15) is 19.8 Å². The van der Waals surface area contributed by atoms with Crippen LogP contribution in [0.15, 0.2) is 0 Å². The van der Waals surface area contributed by atoms with E-state index in [-0.39, 0.29) is 17.9 Å². The third kappa shape index (κ3) is 3.93. The molecule has 0 bridgehead atoms. The monoisotopic (exact) mass is 351 g/mol. The molecule has 3 heterocycles. The number of nitrogens with two attached hydrogens (primary N) is 1. The molecule has 0 aliphatic carbocycles. The van der Waals surface area contributed by atoms with Crippen molar-refractivity contribution in [3.8, 4) is 12.0 Å². The zero-order valence-corrected chi connectivity index (χ0v) is 14.9. The Morgan fingerprint density at radius 3 is 2.84 bits per heavy atom. The van der Waals surface area contributed by atoms with Gasteiger partial charge in [0.05, 0.1) is 20.3 Å². The highest BCUT2D eigenvalue weighted by molar-refractivity contribution is 5.83. The van der Waals surface area contributed by atoms with Crippen LogP contribution in [-0.2, 0) is 16.0 Å². The van der Waals surface area contributed by atoms with Crippen LogP contribution >= 0.6 is 0 Å². The molecule has 0 radical (unpaired) electrons. The van der Waals surface area contributed by atoms with E-state index >= 15 is 0 Å². The van der Waals surface area contributed by atoms with Crippen molar-refractivity contribution >= 4 is 17.0 Å². The Labute approximate surface area is 146 Å². The van der Waals surface area contributed by atoms with Crippen LogP contribution in [-0.4, -0.2) is 59.7 Å². The van der Waals surface area contributed by atoms with Gasteiger partial charge in [-0.2, -0.15) is 15.0 Å². The van der Waals surface area contributed by atoms with Gasteiger partial charge >= 0.3 is 6.01 Å². The third-order valence-electron chi connectivity index (χ3n) is 4.15.